The van der Waals surface area contributed by atoms with Crippen LogP contribution in [0.4, 0.5) is 13.2 Å². The van der Waals surface area contributed by atoms with E-state index in [0.29, 0.717) is 12.1 Å². The van der Waals surface area contributed by atoms with Crippen molar-refractivity contribution in [2.45, 2.75) is 24.8 Å². The van der Waals surface area contributed by atoms with E-state index in [2.05, 4.69) is 17.9 Å². The molecule has 0 aromatic heterocycles. The summed E-state index contributed by atoms with van der Waals surface area (Å²) in [5, 5.41) is 11.4. The van der Waals surface area contributed by atoms with Crippen LogP contribution >= 0.6 is 0 Å². The number of allylic oxidation sites excluding steroid dienone is 1. The maximum atomic E-state index is 14.0. The number of methoxy groups -OCH3 is 1. The summed E-state index contributed by atoms with van der Waals surface area (Å²) in [6, 6.07) is -0.586. The molecule has 1 aromatic carbocycles. The average Bonchev–Trinajstić information content (AvgIpc) is 2.53. The number of ether oxygens (including phenoxy) is 1. The predicted molar refractivity (Wildman–Crippen MR) is 80.4 cm³/mol. The van der Waals surface area contributed by atoms with Gasteiger partial charge >= 0.3 is 5.97 Å². The number of nitrogens with zero attached hydrogens (tertiary/aromatic N) is 1. The summed E-state index contributed by atoms with van der Waals surface area (Å²) in [6.07, 6.45) is 0.779. The molecular weight excluding hydrogens is 327 g/mol. The second-order valence-corrected chi connectivity index (χ2v) is 5.07. The fourth-order valence-corrected chi connectivity index (χ4v) is 2.34. The van der Waals surface area contributed by atoms with Gasteiger partial charge in [0.1, 0.15) is 5.82 Å². The van der Waals surface area contributed by atoms with Crippen molar-refractivity contribution in [3.8, 4) is 0 Å². The Bertz CT molecular complexity index is 676. The van der Waals surface area contributed by atoms with Crippen molar-refractivity contribution >= 4 is 5.97 Å². The van der Waals surface area contributed by atoms with Gasteiger partial charge in [0.15, 0.2) is 11.6 Å². The van der Waals surface area contributed by atoms with Gasteiger partial charge in [-0.1, -0.05) is 12.7 Å². The third-order valence-electron chi connectivity index (χ3n) is 3.52. The summed E-state index contributed by atoms with van der Waals surface area (Å²) in [7, 11) is 1.09. The molecule has 0 N–H and O–H groups in total. The molecule has 2 unspecified atom stereocenters. The van der Waals surface area contributed by atoms with Gasteiger partial charge in [-0.15, -0.1) is 6.58 Å². The van der Waals surface area contributed by atoms with Crippen LogP contribution in [0.5, 0.6) is 0 Å². The van der Waals surface area contributed by atoms with Crippen molar-refractivity contribution in [2.24, 2.45) is 0 Å². The van der Waals surface area contributed by atoms with Crippen molar-refractivity contribution < 1.29 is 27.6 Å². The predicted octanol–water partition coefficient (Wildman–Crippen LogP) is 3.53. The molecule has 8 heteroatoms. The molecule has 0 amide bonds. The van der Waals surface area contributed by atoms with Crippen LogP contribution in [0.2, 0.25) is 0 Å². The molecule has 0 aliphatic heterocycles. The normalized spacial score (nSPS) is 13.0. The number of carbonyl (C=O) groups is 1. The van der Waals surface area contributed by atoms with E-state index in [-0.39, 0.29) is 17.6 Å². The molecule has 0 fully saturated rings. The third-order valence-corrected chi connectivity index (χ3v) is 3.52. The maximum Gasteiger partial charge on any atom is 0.333 e. The highest BCUT2D eigenvalue weighted by Crippen LogP contribution is 2.32. The Balaban J connectivity index is 3.30. The van der Waals surface area contributed by atoms with Gasteiger partial charge in [-0.3, -0.25) is 10.1 Å². The lowest BCUT2D eigenvalue weighted by Gasteiger charge is -2.21. The lowest BCUT2D eigenvalue weighted by Crippen LogP contribution is -2.30. The molecule has 1 rings (SSSR count). The topological polar surface area (TPSA) is 69.4 Å². The largest absolute Gasteiger partial charge is 0.466 e. The van der Waals surface area contributed by atoms with Gasteiger partial charge in [0, 0.05) is 28.5 Å². The van der Waals surface area contributed by atoms with E-state index < -0.39 is 46.7 Å². The number of rotatable bonds is 8. The molecule has 1 aromatic rings. The molecule has 24 heavy (non-hydrogen) atoms. The van der Waals surface area contributed by atoms with Crippen LogP contribution in [0.1, 0.15) is 24.3 Å². The first-order valence-corrected chi connectivity index (χ1v) is 6.87. The van der Waals surface area contributed by atoms with Gasteiger partial charge in [-0.25, -0.2) is 18.0 Å². The number of esters is 1. The summed E-state index contributed by atoms with van der Waals surface area (Å²) in [5.41, 5.74) is -0.551. The summed E-state index contributed by atoms with van der Waals surface area (Å²) in [6.45, 7) is 6.85. The smallest absolute Gasteiger partial charge is 0.333 e. The van der Waals surface area contributed by atoms with E-state index in [1.54, 1.807) is 0 Å². The number of carbonyl (C=O) groups excluding carboxylic acids is 1. The first-order valence-electron chi connectivity index (χ1n) is 6.87. The fraction of sp³-hybridized carbons (Fsp3) is 0.312. The van der Waals surface area contributed by atoms with Crippen LogP contribution in [0.25, 0.3) is 0 Å². The fourth-order valence-electron chi connectivity index (χ4n) is 2.34. The molecule has 0 aliphatic carbocycles. The summed E-state index contributed by atoms with van der Waals surface area (Å²) < 4.78 is 45.0. The lowest BCUT2D eigenvalue weighted by molar-refractivity contribution is -0.526. The minimum absolute atomic E-state index is 0.0813. The Kier molecular flexibility index (Phi) is 6.69. The van der Waals surface area contributed by atoms with Gasteiger partial charge in [0.2, 0.25) is 6.04 Å². The SMILES string of the molecule is C=CCC(c1cc(F)c(F)cc1F)C(CC(=C)C(=O)OC)[N+](=O)[O-]. The number of hydrogen-bond donors (Lipinski definition) is 0. The Morgan fingerprint density at radius 3 is 2.42 bits per heavy atom. The second kappa shape index (κ2) is 8.28. The zero-order valence-corrected chi connectivity index (χ0v) is 12.9. The highest BCUT2D eigenvalue weighted by Gasteiger charge is 2.36. The van der Waals surface area contributed by atoms with E-state index in [1.807, 2.05) is 0 Å². The Morgan fingerprint density at radius 2 is 1.92 bits per heavy atom. The molecule has 0 saturated carbocycles. The van der Waals surface area contributed by atoms with Crippen LogP contribution in [0.3, 0.4) is 0 Å². The molecule has 130 valence electrons. The van der Waals surface area contributed by atoms with Crippen LogP contribution in [-0.4, -0.2) is 24.0 Å². The van der Waals surface area contributed by atoms with Crippen molar-refractivity contribution in [1.82, 2.24) is 0 Å². The summed E-state index contributed by atoms with van der Waals surface area (Å²) in [4.78, 5) is 22.1. The van der Waals surface area contributed by atoms with E-state index in [0.717, 1.165) is 7.11 Å². The molecular formula is C16H16F3NO4. The number of benzene rings is 1. The first-order chi connectivity index (χ1) is 11.2. The average molecular weight is 343 g/mol. The Hall–Kier alpha value is -2.64. The van der Waals surface area contributed by atoms with E-state index in [4.69, 9.17) is 0 Å². The van der Waals surface area contributed by atoms with Gasteiger partial charge in [0.25, 0.3) is 0 Å². The quantitative estimate of drug-likeness (QED) is 0.181. The van der Waals surface area contributed by atoms with Crippen LogP contribution in [-0.2, 0) is 9.53 Å². The highest BCUT2D eigenvalue weighted by molar-refractivity contribution is 5.87. The minimum Gasteiger partial charge on any atom is -0.466 e. The molecule has 0 aliphatic rings. The van der Waals surface area contributed by atoms with Gasteiger partial charge in [0.05, 0.1) is 13.0 Å². The maximum absolute atomic E-state index is 14.0. The molecule has 0 saturated heterocycles. The van der Waals surface area contributed by atoms with Crippen molar-refractivity contribution in [1.29, 1.82) is 0 Å². The monoisotopic (exact) mass is 343 g/mol. The summed E-state index contributed by atoms with van der Waals surface area (Å²) >= 11 is 0. The van der Waals surface area contributed by atoms with Crippen LogP contribution < -0.4 is 0 Å². The molecule has 0 bridgehead atoms. The van der Waals surface area contributed by atoms with E-state index in [1.165, 1.54) is 6.08 Å². The van der Waals surface area contributed by atoms with Gasteiger partial charge in [-0.2, -0.15) is 0 Å². The first kappa shape index (κ1) is 19.4. The number of nitro groups is 1. The van der Waals surface area contributed by atoms with Gasteiger partial charge in [-0.05, 0) is 12.5 Å². The Morgan fingerprint density at radius 1 is 1.33 bits per heavy atom. The van der Waals surface area contributed by atoms with Crippen molar-refractivity contribution in [3.05, 3.63) is 70.1 Å². The lowest BCUT2D eigenvalue weighted by atomic mass is 9.85. The standard InChI is InChI=1S/C16H16F3NO4/c1-4-5-10(11-7-13(18)14(19)8-12(11)17)15(20(22)23)6-9(2)16(21)24-3/h4,7-8,10,15H,1-2,5-6H2,3H3. The zero-order valence-electron chi connectivity index (χ0n) is 12.9. The van der Waals surface area contributed by atoms with Gasteiger partial charge < -0.3 is 4.74 Å². The summed E-state index contributed by atoms with van der Waals surface area (Å²) in [5.74, 6) is -5.84. The molecule has 0 spiro atoms. The van der Waals surface area contributed by atoms with E-state index in [9.17, 15) is 28.1 Å². The number of halogens is 3. The molecule has 0 heterocycles. The van der Waals surface area contributed by atoms with Crippen LogP contribution in [0, 0.1) is 27.6 Å². The minimum atomic E-state index is -1.49. The van der Waals surface area contributed by atoms with Crippen molar-refractivity contribution in [3.63, 3.8) is 0 Å². The van der Waals surface area contributed by atoms with Crippen LogP contribution in [0.15, 0.2) is 36.9 Å². The highest BCUT2D eigenvalue weighted by atomic mass is 19.2. The second-order valence-electron chi connectivity index (χ2n) is 5.07. The van der Waals surface area contributed by atoms with E-state index >= 15 is 0 Å². The molecule has 2 atom stereocenters. The molecule has 0 radical (unpaired) electrons. The molecule has 5 nitrogen and oxygen atoms in total. The zero-order chi connectivity index (χ0) is 18.4. The Labute approximate surface area is 136 Å². The number of hydrogen-bond acceptors (Lipinski definition) is 4. The third kappa shape index (κ3) is 4.43. The van der Waals surface area contributed by atoms with Crippen molar-refractivity contribution in [2.75, 3.05) is 7.11 Å².